The molecule has 2 fully saturated rings. The molecule has 2 heterocycles. The molecule has 2 aliphatic rings. The highest BCUT2D eigenvalue weighted by atomic mass is 35.5. The number of benzene rings is 3. The largest absolute Gasteiger partial charge is 0.497 e. The Kier molecular flexibility index (Phi) is 4.88. The smallest absolute Gasteiger partial charge is 0.266 e. The Hall–Kier alpha value is -3.35. The van der Waals surface area contributed by atoms with E-state index in [0.717, 1.165) is 11.3 Å². The number of nitrogens with zero attached hydrogens (tertiary/aromatic N) is 2. The van der Waals surface area contributed by atoms with Crippen molar-refractivity contribution >= 4 is 34.8 Å². The van der Waals surface area contributed by atoms with Crippen LogP contribution >= 0.6 is 11.6 Å². The number of rotatable bonds is 4. The predicted molar refractivity (Wildman–Crippen MR) is 117 cm³/mol. The Morgan fingerprint density at radius 3 is 2.32 bits per heavy atom. The Balaban J connectivity index is 1.57. The lowest BCUT2D eigenvalue weighted by molar-refractivity contribution is -0.126. The van der Waals surface area contributed by atoms with Gasteiger partial charge in [-0.25, -0.2) is 9.96 Å². The van der Waals surface area contributed by atoms with E-state index in [0.29, 0.717) is 16.5 Å². The van der Waals surface area contributed by atoms with E-state index in [9.17, 15) is 9.59 Å². The minimum atomic E-state index is -0.917. The first-order valence-corrected chi connectivity index (χ1v) is 10.2. The first-order chi connectivity index (χ1) is 15.1. The summed E-state index contributed by atoms with van der Waals surface area (Å²) in [6, 6.07) is 23.2. The molecule has 0 spiro atoms. The highest BCUT2D eigenvalue weighted by Gasteiger charge is 2.60. The molecule has 0 saturated carbocycles. The molecule has 7 heteroatoms. The van der Waals surface area contributed by atoms with Gasteiger partial charge in [0.15, 0.2) is 6.10 Å². The van der Waals surface area contributed by atoms with E-state index < -0.39 is 18.1 Å². The number of amides is 2. The van der Waals surface area contributed by atoms with Crippen LogP contribution in [-0.4, -0.2) is 25.0 Å². The summed E-state index contributed by atoms with van der Waals surface area (Å²) < 4.78 is 5.25. The molecule has 3 aromatic carbocycles. The monoisotopic (exact) mass is 434 g/mol. The average Bonchev–Trinajstić information content (AvgIpc) is 3.31. The van der Waals surface area contributed by atoms with E-state index in [1.807, 2.05) is 42.5 Å². The summed E-state index contributed by atoms with van der Waals surface area (Å²) in [5.41, 5.74) is 2.08. The van der Waals surface area contributed by atoms with Crippen molar-refractivity contribution in [3.63, 3.8) is 0 Å². The summed E-state index contributed by atoms with van der Waals surface area (Å²) in [6.45, 7) is 0. The van der Waals surface area contributed by atoms with Crippen LogP contribution in [0.15, 0.2) is 78.9 Å². The molecule has 156 valence electrons. The van der Waals surface area contributed by atoms with Crippen LogP contribution in [0.25, 0.3) is 0 Å². The quantitative estimate of drug-likeness (QED) is 0.570. The molecule has 31 heavy (non-hydrogen) atoms. The SMILES string of the molecule is COc1cccc(N2C(=O)C3ON(c4ccc(Cl)cc4)C(c4ccccc4)C3C2=O)c1. The number of hydroxylamine groups is 1. The van der Waals surface area contributed by atoms with Gasteiger partial charge in [0.25, 0.3) is 5.91 Å². The van der Waals surface area contributed by atoms with Crippen LogP contribution in [0, 0.1) is 5.92 Å². The summed E-state index contributed by atoms with van der Waals surface area (Å²) in [6.07, 6.45) is -0.917. The van der Waals surface area contributed by atoms with E-state index in [-0.39, 0.29) is 11.8 Å². The molecule has 0 N–H and O–H groups in total. The molecular formula is C24H19ClN2O4. The number of hydrogen-bond donors (Lipinski definition) is 0. The number of anilines is 2. The first-order valence-electron chi connectivity index (χ1n) is 9.87. The van der Waals surface area contributed by atoms with Gasteiger partial charge in [0, 0.05) is 11.1 Å². The fourth-order valence-corrected chi connectivity index (χ4v) is 4.35. The zero-order chi connectivity index (χ0) is 21.5. The van der Waals surface area contributed by atoms with Gasteiger partial charge in [-0.05, 0) is 42.0 Å². The van der Waals surface area contributed by atoms with Crippen molar-refractivity contribution in [1.82, 2.24) is 0 Å². The van der Waals surface area contributed by atoms with Crippen molar-refractivity contribution in [2.75, 3.05) is 17.1 Å². The molecule has 0 radical (unpaired) electrons. The van der Waals surface area contributed by atoms with Crippen molar-refractivity contribution in [2.45, 2.75) is 12.1 Å². The number of ether oxygens (including phenoxy) is 1. The standard InChI is InChI=1S/C24H19ClN2O4/c1-30-19-9-5-8-18(14-19)26-23(28)20-21(15-6-3-2-4-7-15)27(31-22(20)24(26)29)17-12-10-16(25)11-13-17/h2-14,20-22H,1H3. The van der Waals surface area contributed by atoms with Gasteiger partial charge in [-0.2, -0.15) is 0 Å². The Labute approximate surface area is 184 Å². The Bertz CT molecular complexity index is 1140. The fourth-order valence-electron chi connectivity index (χ4n) is 4.22. The Morgan fingerprint density at radius 2 is 1.61 bits per heavy atom. The molecular weight excluding hydrogens is 416 g/mol. The van der Waals surface area contributed by atoms with Crippen LogP contribution in [0.1, 0.15) is 11.6 Å². The van der Waals surface area contributed by atoms with Crippen molar-refractivity contribution in [1.29, 1.82) is 0 Å². The number of fused-ring (bicyclic) bond motifs is 1. The number of methoxy groups -OCH3 is 1. The maximum absolute atomic E-state index is 13.5. The van der Waals surface area contributed by atoms with Crippen LogP contribution in [0.4, 0.5) is 11.4 Å². The van der Waals surface area contributed by atoms with Gasteiger partial charge >= 0.3 is 0 Å². The number of halogens is 1. The van der Waals surface area contributed by atoms with Crippen molar-refractivity contribution in [2.24, 2.45) is 5.92 Å². The lowest BCUT2D eigenvalue weighted by Crippen LogP contribution is -2.37. The summed E-state index contributed by atoms with van der Waals surface area (Å²) >= 11 is 6.04. The third-order valence-corrected chi connectivity index (χ3v) is 5.90. The van der Waals surface area contributed by atoms with E-state index in [4.69, 9.17) is 21.2 Å². The summed E-state index contributed by atoms with van der Waals surface area (Å²) in [4.78, 5) is 34.2. The third-order valence-electron chi connectivity index (χ3n) is 5.65. The van der Waals surface area contributed by atoms with Crippen molar-refractivity contribution < 1.29 is 19.2 Å². The van der Waals surface area contributed by atoms with Gasteiger partial charge in [0.2, 0.25) is 5.91 Å². The van der Waals surface area contributed by atoms with Crippen LogP contribution in [0.3, 0.4) is 0 Å². The van der Waals surface area contributed by atoms with Gasteiger partial charge in [0.05, 0.1) is 24.5 Å². The van der Waals surface area contributed by atoms with Gasteiger partial charge in [0.1, 0.15) is 11.7 Å². The maximum Gasteiger partial charge on any atom is 0.266 e. The predicted octanol–water partition coefficient (Wildman–Crippen LogP) is 4.40. The molecule has 3 atom stereocenters. The van der Waals surface area contributed by atoms with Gasteiger partial charge < -0.3 is 4.74 Å². The molecule has 2 saturated heterocycles. The van der Waals surface area contributed by atoms with Crippen LogP contribution in [0.5, 0.6) is 5.75 Å². The second-order valence-electron chi connectivity index (χ2n) is 7.42. The van der Waals surface area contributed by atoms with E-state index in [1.165, 1.54) is 4.90 Å². The lowest BCUT2D eigenvalue weighted by Gasteiger charge is -2.28. The molecule has 0 aromatic heterocycles. The molecule has 0 aliphatic carbocycles. The minimum Gasteiger partial charge on any atom is -0.497 e. The van der Waals surface area contributed by atoms with Gasteiger partial charge in [-0.1, -0.05) is 48.0 Å². The molecule has 5 rings (SSSR count). The highest BCUT2D eigenvalue weighted by Crippen LogP contribution is 2.47. The summed E-state index contributed by atoms with van der Waals surface area (Å²) in [7, 11) is 1.54. The zero-order valence-electron chi connectivity index (χ0n) is 16.6. The minimum absolute atomic E-state index is 0.298. The normalized spacial score (nSPS) is 22.7. The highest BCUT2D eigenvalue weighted by molar-refractivity contribution is 6.30. The second-order valence-corrected chi connectivity index (χ2v) is 7.86. The van der Waals surface area contributed by atoms with Crippen molar-refractivity contribution in [3.05, 3.63) is 89.4 Å². The Morgan fingerprint density at radius 1 is 0.871 bits per heavy atom. The van der Waals surface area contributed by atoms with E-state index in [2.05, 4.69) is 0 Å². The fraction of sp³-hybridized carbons (Fsp3) is 0.167. The average molecular weight is 435 g/mol. The zero-order valence-corrected chi connectivity index (χ0v) is 17.4. The van der Waals surface area contributed by atoms with E-state index >= 15 is 0 Å². The van der Waals surface area contributed by atoms with Gasteiger partial charge in [-0.3, -0.25) is 14.4 Å². The molecule has 3 unspecified atom stereocenters. The molecule has 6 nitrogen and oxygen atoms in total. The third kappa shape index (κ3) is 3.24. The van der Waals surface area contributed by atoms with Gasteiger partial charge in [-0.15, -0.1) is 0 Å². The number of carbonyl (C=O) groups is 2. The summed E-state index contributed by atoms with van der Waals surface area (Å²) in [5, 5.41) is 2.25. The molecule has 2 aliphatic heterocycles. The molecule has 0 bridgehead atoms. The number of hydrogen-bond acceptors (Lipinski definition) is 5. The number of carbonyl (C=O) groups excluding carboxylic acids is 2. The number of imide groups is 1. The topological polar surface area (TPSA) is 59.1 Å². The first kappa shape index (κ1) is 19.6. The van der Waals surface area contributed by atoms with Crippen LogP contribution in [-0.2, 0) is 14.4 Å². The van der Waals surface area contributed by atoms with E-state index in [1.54, 1.807) is 48.6 Å². The van der Waals surface area contributed by atoms with Crippen LogP contribution < -0.4 is 14.7 Å². The van der Waals surface area contributed by atoms with Crippen LogP contribution in [0.2, 0.25) is 5.02 Å². The maximum atomic E-state index is 13.5. The summed E-state index contributed by atoms with van der Waals surface area (Å²) in [5.74, 6) is -0.801. The molecule has 3 aromatic rings. The molecule has 2 amide bonds. The second kappa shape index (κ2) is 7.72. The van der Waals surface area contributed by atoms with Crippen molar-refractivity contribution in [3.8, 4) is 5.75 Å². The lowest BCUT2D eigenvalue weighted by atomic mass is 9.90.